The summed E-state index contributed by atoms with van der Waals surface area (Å²) in [5, 5.41) is 24.8. The molecule has 4 heteroatoms. The summed E-state index contributed by atoms with van der Waals surface area (Å²) in [4.78, 5) is 0. The Kier molecular flexibility index (Phi) is 1.80. The number of hydrogen-bond acceptors (Lipinski definition) is 3. The van der Waals surface area contributed by atoms with Crippen LogP contribution in [0.5, 0.6) is 0 Å². The summed E-state index contributed by atoms with van der Waals surface area (Å²) in [5.41, 5.74) is 0. The molecule has 0 spiro atoms. The molecule has 0 saturated carbocycles. The average molecular weight is 105 g/mol. The zero-order chi connectivity index (χ0) is 6.08. The Balaban J connectivity index is 3.54. The van der Waals surface area contributed by atoms with Crippen LogP contribution in [0.1, 0.15) is 13.8 Å². The molecule has 0 atom stereocenters. The fourth-order valence-electron chi connectivity index (χ4n) is 0. The summed E-state index contributed by atoms with van der Waals surface area (Å²) in [6.07, 6.45) is 0. The van der Waals surface area contributed by atoms with Gasteiger partial charge in [0.1, 0.15) is 0 Å². The van der Waals surface area contributed by atoms with Crippen LogP contribution in [0.2, 0.25) is 5.82 Å². The maximum Gasteiger partial charge on any atom is 0.374 e. The number of hydrogen-bond donors (Lipinski definition) is 3. The average Bonchev–Trinajstić information content (AvgIpc) is 1.31. The Morgan fingerprint density at radius 3 is 1.29 bits per heavy atom. The van der Waals surface area contributed by atoms with Crippen LogP contribution < -0.4 is 0 Å². The first-order chi connectivity index (χ1) is 2.94. The summed E-state index contributed by atoms with van der Waals surface area (Å²) < 4.78 is 0. The maximum atomic E-state index is 8.27. The first kappa shape index (κ1) is 6.94. The molecular weight excluding hydrogens is 94.8 g/mol. The van der Waals surface area contributed by atoms with Crippen LogP contribution in [-0.2, 0) is 0 Å². The molecule has 0 aromatic carbocycles. The Morgan fingerprint density at radius 1 is 1.14 bits per heavy atom. The molecule has 0 heterocycles. The van der Waals surface area contributed by atoms with E-state index in [0.29, 0.717) is 0 Å². The molecule has 0 aliphatic heterocycles. The molecule has 0 rings (SSSR count). The zero-order valence-corrected chi connectivity index (χ0v) is 4.50. The predicted octanol–water partition coefficient (Wildman–Crippen LogP) is -0.688. The lowest BCUT2D eigenvalue weighted by molar-refractivity contribution is 0.216. The Labute approximate surface area is 42.6 Å². The van der Waals surface area contributed by atoms with Crippen LogP contribution in [-0.4, -0.2) is 21.8 Å². The van der Waals surface area contributed by atoms with Crippen LogP contribution in [0, 0.1) is 0 Å². The third kappa shape index (κ3) is 2.62. The highest BCUT2D eigenvalue weighted by atomic mass is 16.5. The van der Waals surface area contributed by atoms with Gasteiger partial charge in [-0.15, -0.1) is 0 Å². The summed E-state index contributed by atoms with van der Waals surface area (Å²) in [6, 6.07) is 0. The van der Waals surface area contributed by atoms with E-state index in [1.165, 1.54) is 13.8 Å². The molecule has 0 bridgehead atoms. The van der Waals surface area contributed by atoms with E-state index >= 15 is 0 Å². The zero-order valence-electron chi connectivity index (χ0n) is 4.50. The maximum absolute atomic E-state index is 8.27. The molecule has 0 aromatic heterocycles. The summed E-state index contributed by atoms with van der Waals surface area (Å²) >= 11 is 0. The lowest BCUT2D eigenvalue weighted by atomic mass is 9.67. The molecule has 44 valence electrons. The highest BCUT2D eigenvalue weighted by Crippen LogP contribution is 2.08. The van der Waals surface area contributed by atoms with Crippen molar-refractivity contribution in [3.05, 3.63) is 0 Å². The van der Waals surface area contributed by atoms with Crippen LogP contribution in [0.4, 0.5) is 0 Å². The molecule has 3 N–H and O–H groups in total. The largest absolute Gasteiger partial charge is 0.559 e. The Hall–Kier alpha value is -0.0551. The van der Waals surface area contributed by atoms with E-state index in [1.807, 2.05) is 0 Å². The monoisotopic (exact) mass is 105 g/mol. The minimum absolute atomic E-state index is 0.472. The molecule has 7 heavy (non-hydrogen) atoms. The van der Waals surface area contributed by atoms with Gasteiger partial charge in [-0.2, -0.15) is 0 Å². The second-order valence-electron chi connectivity index (χ2n) is 2.04. The van der Waals surface area contributed by atoms with Crippen LogP contribution in [0.25, 0.3) is 0 Å². The standard InChI is InChI=1S/C3H10BO3/c1-3(2)4(5,6)7/h3,5-7H,1-2H3/q-1. The van der Waals surface area contributed by atoms with Crippen LogP contribution in [0.15, 0.2) is 0 Å². The quantitative estimate of drug-likeness (QED) is 0.387. The second kappa shape index (κ2) is 1.82. The van der Waals surface area contributed by atoms with Crippen molar-refractivity contribution in [3.8, 4) is 0 Å². The van der Waals surface area contributed by atoms with Gasteiger partial charge in [-0.25, -0.2) is 0 Å². The van der Waals surface area contributed by atoms with Crippen molar-refractivity contribution in [1.82, 2.24) is 0 Å². The highest BCUT2D eigenvalue weighted by molar-refractivity contribution is 6.57. The van der Waals surface area contributed by atoms with Gasteiger partial charge in [0.05, 0.1) is 0 Å². The van der Waals surface area contributed by atoms with Crippen molar-refractivity contribution in [2.45, 2.75) is 19.7 Å². The lowest BCUT2D eigenvalue weighted by Crippen LogP contribution is -2.37. The fourth-order valence-corrected chi connectivity index (χ4v) is 0. The van der Waals surface area contributed by atoms with E-state index in [-0.39, 0.29) is 0 Å². The van der Waals surface area contributed by atoms with Crippen molar-refractivity contribution in [2.75, 3.05) is 0 Å². The van der Waals surface area contributed by atoms with Gasteiger partial charge >= 0.3 is 6.75 Å². The lowest BCUT2D eigenvalue weighted by Gasteiger charge is -2.24. The SMILES string of the molecule is CC(C)[B-](O)(O)O. The normalized spacial score (nSPS) is 12.9. The molecule has 0 aromatic rings. The van der Waals surface area contributed by atoms with Gasteiger partial charge in [-0.05, 0) is 0 Å². The minimum atomic E-state index is -3.06. The molecule has 3 nitrogen and oxygen atoms in total. The molecule has 0 saturated heterocycles. The van der Waals surface area contributed by atoms with E-state index in [4.69, 9.17) is 15.1 Å². The molecular formula is C3H10BO3-. The number of rotatable bonds is 1. The van der Waals surface area contributed by atoms with Gasteiger partial charge in [0.25, 0.3) is 0 Å². The second-order valence-corrected chi connectivity index (χ2v) is 2.04. The predicted molar refractivity (Wildman–Crippen MR) is 27.5 cm³/mol. The topological polar surface area (TPSA) is 60.7 Å². The molecule has 0 aliphatic rings. The molecule has 0 unspecified atom stereocenters. The van der Waals surface area contributed by atoms with Crippen molar-refractivity contribution < 1.29 is 15.1 Å². The van der Waals surface area contributed by atoms with Gasteiger partial charge in [-0.3, -0.25) is 0 Å². The van der Waals surface area contributed by atoms with Crippen molar-refractivity contribution in [3.63, 3.8) is 0 Å². The highest BCUT2D eigenvalue weighted by Gasteiger charge is 2.19. The Bertz CT molecular complexity index is 55.7. The van der Waals surface area contributed by atoms with E-state index in [9.17, 15) is 0 Å². The van der Waals surface area contributed by atoms with Gasteiger partial charge in [0.2, 0.25) is 0 Å². The van der Waals surface area contributed by atoms with Crippen LogP contribution >= 0.6 is 0 Å². The van der Waals surface area contributed by atoms with Crippen molar-refractivity contribution >= 4 is 6.75 Å². The van der Waals surface area contributed by atoms with Crippen molar-refractivity contribution in [1.29, 1.82) is 0 Å². The van der Waals surface area contributed by atoms with Crippen molar-refractivity contribution in [2.24, 2.45) is 0 Å². The van der Waals surface area contributed by atoms with Crippen LogP contribution in [0.3, 0.4) is 0 Å². The fraction of sp³-hybridized carbons (Fsp3) is 1.00. The van der Waals surface area contributed by atoms with E-state index < -0.39 is 12.6 Å². The van der Waals surface area contributed by atoms with Gasteiger partial charge in [0.15, 0.2) is 0 Å². The first-order valence-electron chi connectivity index (χ1n) is 2.26. The van der Waals surface area contributed by atoms with E-state index in [0.717, 1.165) is 0 Å². The minimum Gasteiger partial charge on any atom is -0.559 e. The van der Waals surface area contributed by atoms with Gasteiger partial charge in [0, 0.05) is 0 Å². The Morgan fingerprint density at radius 2 is 1.29 bits per heavy atom. The summed E-state index contributed by atoms with van der Waals surface area (Å²) in [5.74, 6) is -0.472. The molecule has 0 fully saturated rings. The summed E-state index contributed by atoms with van der Waals surface area (Å²) in [7, 11) is 0. The first-order valence-corrected chi connectivity index (χ1v) is 2.26. The van der Waals surface area contributed by atoms with E-state index in [2.05, 4.69) is 0 Å². The smallest absolute Gasteiger partial charge is 0.374 e. The third-order valence-corrected chi connectivity index (χ3v) is 0.894. The third-order valence-electron chi connectivity index (χ3n) is 0.894. The van der Waals surface area contributed by atoms with Gasteiger partial charge < -0.3 is 15.1 Å². The molecule has 0 radical (unpaired) electrons. The van der Waals surface area contributed by atoms with Gasteiger partial charge in [-0.1, -0.05) is 19.7 Å². The summed E-state index contributed by atoms with van der Waals surface area (Å²) in [6.45, 7) is 0. The molecule has 0 aliphatic carbocycles. The van der Waals surface area contributed by atoms with E-state index in [1.54, 1.807) is 0 Å². The molecule has 0 amide bonds.